The van der Waals surface area contributed by atoms with E-state index in [0.717, 1.165) is 10.1 Å². The summed E-state index contributed by atoms with van der Waals surface area (Å²) in [6.07, 6.45) is -5.05. The molecule has 2 aromatic heterocycles. The van der Waals surface area contributed by atoms with Crippen LogP contribution >= 0.6 is 0 Å². The first-order valence-electron chi connectivity index (χ1n) is 9.01. The van der Waals surface area contributed by atoms with Crippen LogP contribution in [0.5, 0.6) is 0 Å². The fraction of sp³-hybridized carbons (Fsp3) is 0.150. The third-order valence-corrected chi connectivity index (χ3v) is 4.70. The molecule has 1 amide bonds. The van der Waals surface area contributed by atoms with Gasteiger partial charge in [0.2, 0.25) is 0 Å². The Morgan fingerprint density at radius 2 is 1.77 bits per heavy atom. The first kappa shape index (κ1) is 20.3. The fourth-order valence-electron chi connectivity index (χ4n) is 3.12. The van der Waals surface area contributed by atoms with Gasteiger partial charge in [-0.15, -0.1) is 0 Å². The molecule has 0 radical (unpaired) electrons. The average Bonchev–Trinajstić information content (AvgIpc) is 2.72. The Bertz CT molecular complexity index is 1440. The molecule has 2 aromatic carbocycles. The zero-order valence-electron chi connectivity index (χ0n) is 15.9. The molecule has 4 rings (SSSR count). The van der Waals surface area contributed by atoms with E-state index in [4.69, 9.17) is 0 Å². The molecule has 2 heterocycles. The van der Waals surface area contributed by atoms with E-state index in [0.29, 0.717) is 0 Å². The SMILES string of the molecule is Cc1c(NC(=O)C(F)(F)F)ccc2nc3c(=O)n(Cc4ccccc4)c(=O)[nH]c3nc12. The summed E-state index contributed by atoms with van der Waals surface area (Å²) in [6, 6.07) is 11.5. The molecule has 0 fully saturated rings. The van der Waals surface area contributed by atoms with Crippen LogP contribution in [0.15, 0.2) is 52.1 Å². The molecule has 0 aliphatic heterocycles. The van der Waals surface area contributed by atoms with Crippen molar-refractivity contribution in [3.05, 3.63) is 74.4 Å². The number of hydrogen-bond acceptors (Lipinski definition) is 5. The maximum absolute atomic E-state index is 12.9. The van der Waals surface area contributed by atoms with Crippen molar-refractivity contribution >= 4 is 33.8 Å². The van der Waals surface area contributed by atoms with Crippen LogP contribution in [0.2, 0.25) is 0 Å². The molecular weight excluding hydrogens is 415 g/mol. The van der Waals surface area contributed by atoms with E-state index in [2.05, 4.69) is 15.0 Å². The lowest BCUT2D eigenvalue weighted by atomic mass is 10.1. The van der Waals surface area contributed by atoms with Gasteiger partial charge < -0.3 is 5.32 Å². The van der Waals surface area contributed by atoms with Gasteiger partial charge >= 0.3 is 17.8 Å². The highest BCUT2D eigenvalue weighted by molar-refractivity contribution is 5.98. The molecule has 8 nitrogen and oxygen atoms in total. The van der Waals surface area contributed by atoms with Crippen molar-refractivity contribution in [1.29, 1.82) is 0 Å². The lowest BCUT2D eigenvalue weighted by Crippen LogP contribution is -2.36. The largest absolute Gasteiger partial charge is 0.471 e. The molecule has 0 bridgehead atoms. The minimum atomic E-state index is -5.05. The second kappa shape index (κ2) is 7.35. The standard InChI is InChI=1S/C20H14F3N5O3/c1-10-12(25-18(30)20(21,22)23)7-8-13-14(10)26-16-15(24-13)17(29)28(19(31)27-16)9-11-5-3-2-4-6-11/h2-8H,9H2,1H3,(H,25,30)(H,26,27,31). The molecule has 0 saturated heterocycles. The number of H-pyrrole nitrogens is 1. The maximum Gasteiger partial charge on any atom is 0.471 e. The number of halogens is 3. The number of nitrogens with zero attached hydrogens (tertiary/aromatic N) is 3. The van der Waals surface area contributed by atoms with E-state index in [-0.39, 0.29) is 40.0 Å². The number of anilines is 1. The van der Waals surface area contributed by atoms with Crippen molar-refractivity contribution in [2.75, 3.05) is 5.32 Å². The van der Waals surface area contributed by atoms with Gasteiger partial charge in [-0.25, -0.2) is 14.8 Å². The Morgan fingerprint density at radius 3 is 2.45 bits per heavy atom. The van der Waals surface area contributed by atoms with E-state index in [1.165, 1.54) is 19.1 Å². The number of rotatable bonds is 3. The van der Waals surface area contributed by atoms with Crippen LogP contribution in [-0.2, 0) is 11.3 Å². The second-order valence-electron chi connectivity index (χ2n) is 6.79. The predicted molar refractivity (Wildman–Crippen MR) is 107 cm³/mol. The number of aryl methyl sites for hydroxylation is 1. The number of amides is 1. The Labute approximate surface area is 171 Å². The van der Waals surface area contributed by atoms with Gasteiger partial charge in [-0.05, 0) is 24.6 Å². The molecule has 0 unspecified atom stereocenters. The topological polar surface area (TPSA) is 110 Å². The summed E-state index contributed by atoms with van der Waals surface area (Å²) in [5.41, 5.74) is -0.332. The van der Waals surface area contributed by atoms with Gasteiger partial charge in [0.25, 0.3) is 5.56 Å². The molecule has 0 saturated carbocycles. The number of fused-ring (bicyclic) bond motifs is 2. The van der Waals surface area contributed by atoms with E-state index in [1.54, 1.807) is 29.6 Å². The number of hydrogen-bond donors (Lipinski definition) is 2. The number of aromatic amines is 1. The van der Waals surface area contributed by atoms with Crippen LogP contribution in [0, 0.1) is 6.92 Å². The Morgan fingerprint density at radius 1 is 1.06 bits per heavy atom. The van der Waals surface area contributed by atoms with Gasteiger partial charge in [-0.1, -0.05) is 30.3 Å². The number of nitrogens with one attached hydrogen (secondary N) is 2. The molecule has 31 heavy (non-hydrogen) atoms. The van der Waals surface area contributed by atoms with Crippen LogP contribution in [0.25, 0.3) is 22.2 Å². The zero-order valence-corrected chi connectivity index (χ0v) is 15.9. The monoisotopic (exact) mass is 429 g/mol. The van der Waals surface area contributed by atoms with Crippen molar-refractivity contribution in [3.63, 3.8) is 0 Å². The predicted octanol–water partition coefficient (Wildman–Crippen LogP) is 2.49. The van der Waals surface area contributed by atoms with Gasteiger partial charge in [0.05, 0.1) is 17.6 Å². The number of carbonyl (C=O) groups excluding carboxylic acids is 1. The van der Waals surface area contributed by atoms with Crippen LogP contribution in [0.4, 0.5) is 18.9 Å². The quantitative estimate of drug-likeness (QED) is 0.487. The van der Waals surface area contributed by atoms with E-state index in [9.17, 15) is 27.6 Å². The van der Waals surface area contributed by atoms with E-state index < -0.39 is 23.3 Å². The Hall–Kier alpha value is -4.02. The summed E-state index contributed by atoms with van der Waals surface area (Å²) in [5.74, 6) is -2.12. The summed E-state index contributed by atoms with van der Waals surface area (Å²) in [7, 11) is 0. The van der Waals surface area contributed by atoms with Crippen molar-refractivity contribution in [2.45, 2.75) is 19.6 Å². The van der Waals surface area contributed by atoms with Gasteiger partial charge in [-0.3, -0.25) is 19.1 Å². The molecule has 11 heteroatoms. The number of aromatic nitrogens is 4. The first-order valence-corrected chi connectivity index (χ1v) is 9.01. The third-order valence-electron chi connectivity index (χ3n) is 4.70. The van der Waals surface area contributed by atoms with Gasteiger partial charge in [0.15, 0.2) is 11.2 Å². The van der Waals surface area contributed by atoms with Crippen LogP contribution < -0.4 is 16.6 Å². The molecular formula is C20H14F3N5O3. The Kier molecular flexibility index (Phi) is 4.80. The maximum atomic E-state index is 12.9. The van der Waals surface area contributed by atoms with Crippen molar-refractivity contribution in [3.8, 4) is 0 Å². The lowest BCUT2D eigenvalue weighted by Gasteiger charge is -2.12. The van der Waals surface area contributed by atoms with Gasteiger partial charge in [0, 0.05) is 11.3 Å². The molecule has 0 spiro atoms. The average molecular weight is 429 g/mol. The highest BCUT2D eigenvalue weighted by atomic mass is 19.4. The summed E-state index contributed by atoms with van der Waals surface area (Å²) < 4.78 is 38.7. The Balaban J connectivity index is 1.84. The summed E-state index contributed by atoms with van der Waals surface area (Å²) >= 11 is 0. The highest BCUT2D eigenvalue weighted by Crippen LogP contribution is 2.26. The van der Waals surface area contributed by atoms with Crippen molar-refractivity contribution in [1.82, 2.24) is 19.5 Å². The summed E-state index contributed by atoms with van der Waals surface area (Å²) in [5, 5.41) is 1.78. The van der Waals surface area contributed by atoms with Crippen LogP contribution in [0.1, 0.15) is 11.1 Å². The number of carbonyl (C=O) groups is 1. The van der Waals surface area contributed by atoms with Crippen LogP contribution in [-0.4, -0.2) is 31.6 Å². The highest BCUT2D eigenvalue weighted by Gasteiger charge is 2.39. The molecule has 4 aromatic rings. The molecule has 0 atom stereocenters. The van der Waals surface area contributed by atoms with Crippen molar-refractivity contribution in [2.24, 2.45) is 0 Å². The smallest absolute Gasteiger partial charge is 0.318 e. The zero-order chi connectivity index (χ0) is 22.3. The van der Waals surface area contributed by atoms with Crippen molar-refractivity contribution < 1.29 is 18.0 Å². The summed E-state index contributed by atoms with van der Waals surface area (Å²) in [6.45, 7) is 1.48. The molecule has 158 valence electrons. The summed E-state index contributed by atoms with van der Waals surface area (Å²) in [4.78, 5) is 47.5. The number of benzene rings is 2. The fourth-order valence-corrected chi connectivity index (χ4v) is 3.12. The third kappa shape index (κ3) is 3.77. The van der Waals surface area contributed by atoms with Gasteiger partial charge in [0.1, 0.15) is 0 Å². The molecule has 0 aliphatic carbocycles. The lowest BCUT2D eigenvalue weighted by molar-refractivity contribution is -0.167. The van der Waals surface area contributed by atoms with E-state index >= 15 is 0 Å². The van der Waals surface area contributed by atoms with E-state index in [1.807, 2.05) is 6.07 Å². The van der Waals surface area contributed by atoms with Crippen LogP contribution in [0.3, 0.4) is 0 Å². The number of alkyl halides is 3. The molecule has 2 N–H and O–H groups in total. The van der Waals surface area contributed by atoms with Gasteiger partial charge in [-0.2, -0.15) is 13.2 Å². The normalized spacial score (nSPS) is 11.7. The minimum Gasteiger partial charge on any atom is -0.318 e. The second-order valence-corrected chi connectivity index (χ2v) is 6.79. The minimum absolute atomic E-state index is 0.0338. The molecule has 0 aliphatic rings. The first-order chi connectivity index (χ1) is 14.6.